The molecule has 2 aliphatic heterocycles. The van der Waals surface area contributed by atoms with E-state index in [1.54, 1.807) is 18.3 Å². The van der Waals surface area contributed by atoms with E-state index in [1.807, 2.05) is 53.6 Å². The highest BCUT2D eigenvalue weighted by Gasteiger charge is 2.25. The smallest absolute Gasteiger partial charge is 0.342 e. The number of hydrogen-bond acceptors (Lipinski definition) is 8. The lowest BCUT2D eigenvalue weighted by Gasteiger charge is -2.28. The van der Waals surface area contributed by atoms with E-state index in [-0.39, 0.29) is 18.5 Å². The summed E-state index contributed by atoms with van der Waals surface area (Å²) < 4.78 is 24.8. The number of aromatic nitrogens is 2. The number of aryl methyl sites for hydroxylation is 1. The van der Waals surface area contributed by atoms with Gasteiger partial charge in [-0.05, 0) is 44.2 Å². The molecule has 0 aliphatic carbocycles. The van der Waals surface area contributed by atoms with Gasteiger partial charge in [0.2, 0.25) is 5.78 Å². The van der Waals surface area contributed by atoms with Crippen molar-refractivity contribution >= 4 is 17.6 Å². The summed E-state index contributed by atoms with van der Waals surface area (Å²) in [6, 6.07) is 12.8. The van der Waals surface area contributed by atoms with Gasteiger partial charge < -0.3 is 28.4 Å². The molecule has 1 fully saturated rings. The lowest BCUT2D eigenvalue weighted by Crippen LogP contribution is -2.37. The van der Waals surface area contributed by atoms with Crippen LogP contribution in [0.15, 0.2) is 48.7 Å². The van der Waals surface area contributed by atoms with Crippen LogP contribution < -0.4 is 14.4 Å². The Labute approximate surface area is 209 Å². The summed E-state index contributed by atoms with van der Waals surface area (Å²) in [6.07, 6.45) is 1.45. The summed E-state index contributed by atoms with van der Waals surface area (Å²) in [5.74, 6) is 1.17. The van der Waals surface area contributed by atoms with Crippen LogP contribution in [0.1, 0.15) is 32.1 Å². The van der Waals surface area contributed by atoms with E-state index in [9.17, 15) is 9.59 Å². The molecule has 0 N–H and O–H groups in total. The van der Waals surface area contributed by atoms with Crippen LogP contribution in [0.4, 0.5) is 5.82 Å². The van der Waals surface area contributed by atoms with E-state index in [0.29, 0.717) is 62.1 Å². The Morgan fingerprint density at radius 2 is 1.83 bits per heavy atom. The van der Waals surface area contributed by atoms with Crippen molar-refractivity contribution < 1.29 is 28.5 Å². The van der Waals surface area contributed by atoms with E-state index < -0.39 is 5.97 Å². The lowest BCUT2D eigenvalue weighted by molar-refractivity contribution is 0.0474. The number of anilines is 1. The summed E-state index contributed by atoms with van der Waals surface area (Å²) in [5, 5.41) is 0. The normalized spacial score (nSPS) is 17.1. The van der Waals surface area contributed by atoms with Gasteiger partial charge in [-0.3, -0.25) is 4.79 Å². The molecule has 0 saturated carbocycles. The van der Waals surface area contributed by atoms with Crippen LogP contribution in [0.5, 0.6) is 11.5 Å². The molecule has 9 nitrogen and oxygen atoms in total. The van der Waals surface area contributed by atoms with Crippen LogP contribution in [-0.4, -0.2) is 66.9 Å². The number of hydrogen-bond donors (Lipinski definition) is 0. The molecule has 188 valence electrons. The highest BCUT2D eigenvalue weighted by Crippen LogP contribution is 2.31. The number of morpholine rings is 1. The molecule has 1 atom stereocenters. The Morgan fingerprint density at radius 1 is 1.06 bits per heavy atom. The molecule has 0 bridgehead atoms. The number of ether oxygens (including phenoxy) is 4. The summed E-state index contributed by atoms with van der Waals surface area (Å²) in [5.41, 5.74) is 2.59. The number of ketones is 1. The molecule has 2 aromatic heterocycles. The Hall–Kier alpha value is -3.85. The SMILES string of the molecule is Cc1cc(C(=O)COC(=O)c2cccnc2N2CCOCC2)c(C)n1C[C@H]1COc2ccccc2O1. The molecular formula is C27H29N3O6. The summed E-state index contributed by atoms with van der Waals surface area (Å²) >= 11 is 0. The van der Waals surface area contributed by atoms with E-state index in [4.69, 9.17) is 18.9 Å². The van der Waals surface area contributed by atoms with Gasteiger partial charge in [0.05, 0.1) is 19.8 Å². The first kappa shape index (κ1) is 23.9. The molecular weight excluding hydrogens is 462 g/mol. The van der Waals surface area contributed by atoms with Crippen LogP contribution in [0.3, 0.4) is 0 Å². The highest BCUT2D eigenvalue weighted by molar-refractivity contribution is 6.01. The summed E-state index contributed by atoms with van der Waals surface area (Å²) in [4.78, 5) is 32.2. The number of benzene rings is 1. The number of esters is 1. The first-order chi connectivity index (χ1) is 17.5. The number of carbonyl (C=O) groups excluding carboxylic acids is 2. The first-order valence-electron chi connectivity index (χ1n) is 12.0. The van der Waals surface area contributed by atoms with Gasteiger partial charge in [0, 0.05) is 36.2 Å². The predicted octanol–water partition coefficient (Wildman–Crippen LogP) is 3.22. The van der Waals surface area contributed by atoms with Gasteiger partial charge in [-0.1, -0.05) is 12.1 Å². The second-order valence-electron chi connectivity index (χ2n) is 8.87. The third-order valence-electron chi connectivity index (χ3n) is 6.48. The zero-order valence-electron chi connectivity index (χ0n) is 20.4. The Morgan fingerprint density at radius 3 is 2.64 bits per heavy atom. The Balaban J connectivity index is 1.24. The van der Waals surface area contributed by atoms with Crippen LogP contribution in [-0.2, 0) is 16.0 Å². The zero-order valence-corrected chi connectivity index (χ0v) is 20.4. The summed E-state index contributed by atoms with van der Waals surface area (Å²) in [6.45, 7) is 6.87. The number of carbonyl (C=O) groups is 2. The standard InChI is InChI=1S/C27H29N3O6/c1-18-14-22(19(2)30(18)15-20-16-34-24-7-3-4-8-25(24)36-20)23(31)17-35-27(32)21-6-5-9-28-26(21)29-10-12-33-13-11-29/h3-9,14,20H,10-13,15-17H2,1-2H3/t20-/m0/s1. The first-order valence-corrected chi connectivity index (χ1v) is 12.0. The van der Waals surface area contributed by atoms with Crippen molar-refractivity contribution in [2.75, 3.05) is 44.4 Å². The fourth-order valence-electron chi connectivity index (χ4n) is 4.59. The van der Waals surface area contributed by atoms with Crippen molar-refractivity contribution in [2.24, 2.45) is 0 Å². The van der Waals surface area contributed by atoms with Crippen molar-refractivity contribution in [3.05, 3.63) is 71.2 Å². The van der Waals surface area contributed by atoms with Gasteiger partial charge in [0.1, 0.15) is 18.0 Å². The number of para-hydroxylation sites is 2. The van der Waals surface area contributed by atoms with Crippen molar-refractivity contribution in [2.45, 2.75) is 26.5 Å². The highest BCUT2D eigenvalue weighted by atomic mass is 16.6. The summed E-state index contributed by atoms with van der Waals surface area (Å²) in [7, 11) is 0. The fourth-order valence-corrected chi connectivity index (χ4v) is 4.59. The van der Waals surface area contributed by atoms with Crippen LogP contribution in [0.2, 0.25) is 0 Å². The minimum absolute atomic E-state index is 0.185. The molecule has 0 radical (unpaired) electrons. The quantitative estimate of drug-likeness (QED) is 0.368. The molecule has 4 heterocycles. The molecule has 1 aromatic carbocycles. The third-order valence-corrected chi connectivity index (χ3v) is 6.48. The van der Waals surface area contributed by atoms with Crippen molar-refractivity contribution in [3.8, 4) is 11.5 Å². The predicted molar refractivity (Wildman–Crippen MR) is 132 cm³/mol. The van der Waals surface area contributed by atoms with E-state index >= 15 is 0 Å². The second kappa shape index (κ2) is 10.4. The maximum atomic E-state index is 13.0. The molecule has 9 heteroatoms. The Kier molecular flexibility index (Phi) is 6.90. The molecule has 2 aliphatic rings. The van der Waals surface area contributed by atoms with Crippen molar-refractivity contribution in [1.82, 2.24) is 9.55 Å². The molecule has 0 amide bonds. The van der Waals surface area contributed by atoms with Gasteiger partial charge >= 0.3 is 5.97 Å². The van der Waals surface area contributed by atoms with E-state index in [0.717, 1.165) is 17.1 Å². The number of nitrogens with zero attached hydrogens (tertiary/aromatic N) is 3. The molecule has 36 heavy (non-hydrogen) atoms. The molecule has 1 saturated heterocycles. The minimum atomic E-state index is -0.571. The number of Topliss-reactive ketones (excluding diaryl/α,β-unsaturated/α-hetero) is 1. The zero-order chi connectivity index (χ0) is 25.1. The number of fused-ring (bicyclic) bond motifs is 1. The molecule has 0 unspecified atom stereocenters. The van der Waals surface area contributed by atoms with Gasteiger partial charge in [-0.2, -0.15) is 0 Å². The van der Waals surface area contributed by atoms with Crippen molar-refractivity contribution in [1.29, 1.82) is 0 Å². The maximum Gasteiger partial charge on any atom is 0.342 e. The minimum Gasteiger partial charge on any atom is -0.486 e. The fraction of sp³-hybridized carbons (Fsp3) is 0.370. The number of pyridine rings is 1. The van der Waals surface area contributed by atoms with Gasteiger partial charge in [-0.15, -0.1) is 0 Å². The van der Waals surface area contributed by atoms with Gasteiger partial charge in [0.15, 0.2) is 24.2 Å². The topological polar surface area (TPSA) is 92.1 Å². The maximum absolute atomic E-state index is 13.0. The van der Waals surface area contributed by atoms with Crippen LogP contribution >= 0.6 is 0 Å². The molecule has 0 spiro atoms. The van der Waals surface area contributed by atoms with E-state index in [2.05, 4.69) is 4.98 Å². The largest absolute Gasteiger partial charge is 0.486 e. The van der Waals surface area contributed by atoms with Gasteiger partial charge in [0.25, 0.3) is 0 Å². The molecule has 3 aromatic rings. The van der Waals surface area contributed by atoms with Crippen LogP contribution in [0, 0.1) is 13.8 Å². The third kappa shape index (κ3) is 4.92. The monoisotopic (exact) mass is 491 g/mol. The van der Waals surface area contributed by atoms with Gasteiger partial charge in [-0.25, -0.2) is 9.78 Å². The number of rotatable bonds is 7. The van der Waals surface area contributed by atoms with E-state index in [1.165, 1.54) is 0 Å². The Bertz CT molecular complexity index is 1260. The van der Waals surface area contributed by atoms with Crippen LogP contribution in [0.25, 0.3) is 0 Å². The average molecular weight is 492 g/mol. The molecule has 5 rings (SSSR count). The average Bonchev–Trinajstić information content (AvgIpc) is 3.20. The second-order valence-corrected chi connectivity index (χ2v) is 8.87. The van der Waals surface area contributed by atoms with Crippen molar-refractivity contribution in [3.63, 3.8) is 0 Å². The lowest BCUT2D eigenvalue weighted by atomic mass is 10.1.